The molecule has 4 aromatic rings. The number of methoxy groups -OCH3 is 1. The second-order valence-corrected chi connectivity index (χ2v) is 9.47. The van der Waals surface area contributed by atoms with Crippen LogP contribution in [-0.4, -0.2) is 43.9 Å². The molecule has 10 nitrogen and oxygen atoms in total. The predicted molar refractivity (Wildman–Crippen MR) is 141 cm³/mol. The van der Waals surface area contributed by atoms with Crippen LogP contribution in [0.15, 0.2) is 60.2 Å². The molecule has 2 N–H and O–H groups in total. The van der Waals surface area contributed by atoms with Crippen molar-refractivity contribution in [2.75, 3.05) is 19.0 Å². The average Bonchev–Trinajstić information content (AvgIpc) is 3.19. The SMILES string of the molecule is C=CCn1c(=O)c2cnc(Nc3ccc4c(c3)CNCC4)nc2n1-c1ccnc(C(C)(C)C(=O)OC)c1. The summed E-state index contributed by atoms with van der Waals surface area (Å²) in [7, 11) is 1.35. The molecule has 0 unspecified atom stereocenters. The third-order valence-electron chi connectivity index (χ3n) is 6.65. The van der Waals surface area contributed by atoms with Gasteiger partial charge in [-0.05, 0) is 62.2 Å². The van der Waals surface area contributed by atoms with E-state index in [0.717, 1.165) is 25.2 Å². The number of ether oxygens (including phenoxy) is 1. The molecule has 0 saturated carbocycles. The third-order valence-corrected chi connectivity index (χ3v) is 6.65. The van der Waals surface area contributed by atoms with Crippen molar-refractivity contribution in [2.45, 2.75) is 38.8 Å². The Morgan fingerprint density at radius 2 is 2.08 bits per heavy atom. The summed E-state index contributed by atoms with van der Waals surface area (Å²) < 4.78 is 8.21. The fraction of sp³-hybridized carbons (Fsp3) is 0.296. The highest BCUT2D eigenvalue weighted by atomic mass is 16.5. The van der Waals surface area contributed by atoms with Gasteiger partial charge >= 0.3 is 5.97 Å². The molecular formula is C27H29N7O3. The van der Waals surface area contributed by atoms with E-state index < -0.39 is 11.4 Å². The topological polar surface area (TPSA) is 116 Å². The fourth-order valence-electron chi connectivity index (χ4n) is 4.58. The van der Waals surface area contributed by atoms with Crippen LogP contribution in [0, 0.1) is 0 Å². The molecule has 0 aliphatic carbocycles. The van der Waals surface area contributed by atoms with Crippen LogP contribution < -0.4 is 16.2 Å². The molecule has 1 aliphatic rings. The molecule has 0 fully saturated rings. The van der Waals surface area contributed by atoms with Crippen molar-refractivity contribution < 1.29 is 9.53 Å². The van der Waals surface area contributed by atoms with Crippen molar-refractivity contribution in [3.63, 3.8) is 0 Å². The Morgan fingerprint density at radius 1 is 1.24 bits per heavy atom. The van der Waals surface area contributed by atoms with Crippen molar-refractivity contribution in [1.82, 2.24) is 29.6 Å². The van der Waals surface area contributed by atoms with Gasteiger partial charge in [0.05, 0.1) is 25.0 Å². The van der Waals surface area contributed by atoms with E-state index in [2.05, 4.69) is 39.3 Å². The summed E-state index contributed by atoms with van der Waals surface area (Å²) in [5.74, 6) is -0.0445. The highest BCUT2D eigenvalue weighted by Gasteiger charge is 2.33. The molecule has 0 bridgehead atoms. The number of rotatable bonds is 7. The van der Waals surface area contributed by atoms with Crippen LogP contribution in [-0.2, 0) is 34.5 Å². The first-order valence-corrected chi connectivity index (χ1v) is 12.1. The molecule has 5 rings (SSSR count). The van der Waals surface area contributed by atoms with Crippen LogP contribution in [0.25, 0.3) is 16.7 Å². The Kier molecular flexibility index (Phi) is 6.34. The van der Waals surface area contributed by atoms with Gasteiger partial charge in [0.25, 0.3) is 5.56 Å². The average molecular weight is 500 g/mol. The normalized spacial score (nSPS) is 13.3. The van der Waals surface area contributed by atoms with E-state index in [1.807, 2.05) is 6.07 Å². The fourth-order valence-corrected chi connectivity index (χ4v) is 4.58. The summed E-state index contributed by atoms with van der Waals surface area (Å²) in [4.78, 5) is 39.2. The number of nitrogens with zero attached hydrogens (tertiary/aromatic N) is 5. The van der Waals surface area contributed by atoms with Crippen molar-refractivity contribution in [2.24, 2.45) is 0 Å². The lowest BCUT2D eigenvalue weighted by molar-refractivity contribution is -0.146. The van der Waals surface area contributed by atoms with Crippen molar-refractivity contribution in [3.8, 4) is 5.69 Å². The molecule has 0 saturated heterocycles. The van der Waals surface area contributed by atoms with E-state index in [1.165, 1.54) is 29.1 Å². The van der Waals surface area contributed by atoms with E-state index in [-0.39, 0.29) is 12.1 Å². The van der Waals surface area contributed by atoms with E-state index >= 15 is 0 Å². The van der Waals surface area contributed by atoms with Gasteiger partial charge in [-0.2, -0.15) is 4.98 Å². The van der Waals surface area contributed by atoms with Gasteiger partial charge in [0.1, 0.15) is 10.8 Å². The number of hydrogen-bond donors (Lipinski definition) is 2. The number of anilines is 2. The van der Waals surface area contributed by atoms with Crippen molar-refractivity contribution in [3.05, 3.63) is 82.6 Å². The first-order chi connectivity index (χ1) is 17.8. The Balaban J connectivity index is 1.61. The molecule has 1 aromatic carbocycles. The number of carbonyl (C=O) groups is 1. The Hall–Kier alpha value is -4.31. The van der Waals surface area contributed by atoms with E-state index in [9.17, 15) is 9.59 Å². The minimum absolute atomic E-state index is 0.244. The first kappa shape index (κ1) is 24.4. The molecule has 3 aromatic heterocycles. The molecule has 0 atom stereocenters. The lowest BCUT2D eigenvalue weighted by atomic mass is 9.89. The zero-order valence-corrected chi connectivity index (χ0v) is 21.1. The number of nitrogens with one attached hydrogen (secondary N) is 2. The van der Waals surface area contributed by atoms with Gasteiger partial charge in [0.2, 0.25) is 5.95 Å². The number of carbonyl (C=O) groups excluding carboxylic acids is 1. The van der Waals surface area contributed by atoms with E-state index in [4.69, 9.17) is 9.72 Å². The molecule has 37 heavy (non-hydrogen) atoms. The standard InChI is InChI=1S/C27H29N7O3/c1-5-12-33-24(35)21-16-30-26(31-19-7-6-17-8-10-28-15-18(17)13-19)32-23(21)34(33)20-9-11-29-22(14-20)27(2,3)25(36)37-4/h5-7,9,11,13-14,16,28H,1,8,10,12,15H2,2-4H3,(H,30,31,32). The van der Waals surface area contributed by atoms with Crippen LogP contribution in [0.5, 0.6) is 0 Å². The highest BCUT2D eigenvalue weighted by molar-refractivity contribution is 5.82. The summed E-state index contributed by atoms with van der Waals surface area (Å²) in [5.41, 5.74) is 3.77. The maximum Gasteiger partial charge on any atom is 0.317 e. The minimum atomic E-state index is -0.986. The summed E-state index contributed by atoms with van der Waals surface area (Å²) in [5, 5.41) is 7.03. The van der Waals surface area contributed by atoms with Crippen molar-refractivity contribution in [1.29, 1.82) is 0 Å². The number of allylic oxidation sites excluding steroid dienone is 1. The number of fused-ring (bicyclic) bond motifs is 2. The van der Waals surface area contributed by atoms with Gasteiger partial charge in [-0.1, -0.05) is 12.1 Å². The largest absolute Gasteiger partial charge is 0.468 e. The third kappa shape index (κ3) is 4.40. The number of pyridine rings is 1. The minimum Gasteiger partial charge on any atom is -0.468 e. The Bertz CT molecular complexity index is 1570. The highest BCUT2D eigenvalue weighted by Crippen LogP contribution is 2.26. The van der Waals surface area contributed by atoms with E-state index in [1.54, 1.807) is 42.9 Å². The smallest absolute Gasteiger partial charge is 0.317 e. The van der Waals surface area contributed by atoms with Gasteiger partial charge in [-0.3, -0.25) is 14.6 Å². The zero-order valence-electron chi connectivity index (χ0n) is 21.1. The molecule has 0 spiro atoms. The molecule has 4 heterocycles. The van der Waals surface area contributed by atoms with Crippen molar-refractivity contribution >= 4 is 28.6 Å². The Morgan fingerprint density at radius 3 is 2.86 bits per heavy atom. The second kappa shape index (κ2) is 9.62. The van der Waals surface area contributed by atoms with Gasteiger partial charge in [0, 0.05) is 24.6 Å². The second-order valence-electron chi connectivity index (χ2n) is 9.47. The summed E-state index contributed by atoms with van der Waals surface area (Å²) in [6, 6.07) is 9.75. The lowest BCUT2D eigenvalue weighted by Crippen LogP contribution is -2.31. The monoisotopic (exact) mass is 499 g/mol. The van der Waals surface area contributed by atoms with Gasteiger partial charge in [0.15, 0.2) is 5.65 Å². The molecule has 0 radical (unpaired) electrons. The lowest BCUT2D eigenvalue weighted by Gasteiger charge is -2.22. The van der Waals surface area contributed by atoms with Gasteiger partial charge in [-0.25, -0.2) is 14.3 Å². The van der Waals surface area contributed by atoms with Crippen LogP contribution in [0.3, 0.4) is 0 Å². The molecule has 0 amide bonds. The molecule has 10 heteroatoms. The number of benzene rings is 1. The maximum absolute atomic E-state index is 13.3. The van der Waals surface area contributed by atoms with E-state index in [0.29, 0.717) is 28.4 Å². The summed E-state index contributed by atoms with van der Waals surface area (Å²) in [6.45, 7) is 9.35. The molecule has 190 valence electrons. The van der Waals surface area contributed by atoms with Crippen LogP contribution in [0.4, 0.5) is 11.6 Å². The number of aromatic nitrogens is 5. The number of hydrogen-bond acceptors (Lipinski definition) is 8. The Labute approximate surface area is 214 Å². The first-order valence-electron chi connectivity index (χ1n) is 12.1. The van der Waals surface area contributed by atoms with Gasteiger partial charge < -0.3 is 15.4 Å². The maximum atomic E-state index is 13.3. The summed E-state index contributed by atoms with van der Waals surface area (Å²) >= 11 is 0. The molecule has 1 aliphatic heterocycles. The summed E-state index contributed by atoms with van der Waals surface area (Å²) in [6.07, 6.45) is 5.78. The predicted octanol–water partition coefficient (Wildman–Crippen LogP) is 3.00. The van der Waals surface area contributed by atoms with Crippen LogP contribution in [0.2, 0.25) is 0 Å². The van der Waals surface area contributed by atoms with Gasteiger partial charge in [-0.15, -0.1) is 6.58 Å². The van der Waals surface area contributed by atoms with Crippen LogP contribution >= 0.6 is 0 Å². The zero-order chi connectivity index (χ0) is 26.2. The molecular weight excluding hydrogens is 470 g/mol. The quantitative estimate of drug-likeness (QED) is 0.295. The van der Waals surface area contributed by atoms with Crippen LogP contribution in [0.1, 0.15) is 30.7 Å². The number of esters is 1.